The summed E-state index contributed by atoms with van der Waals surface area (Å²) in [4.78, 5) is 28.5. The molecule has 1 amide bonds. The van der Waals surface area contributed by atoms with Gasteiger partial charge in [0, 0.05) is 30.6 Å². The highest BCUT2D eigenvalue weighted by Gasteiger charge is 2.48. The average molecular weight is 543 g/mol. The summed E-state index contributed by atoms with van der Waals surface area (Å²) in [6.45, 7) is 5.41. The van der Waals surface area contributed by atoms with Crippen molar-refractivity contribution in [3.8, 4) is 17.2 Å². The maximum Gasteiger partial charge on any atom is 0.309 e. The molecule has 0 saturated carbocycles. The number of aliphatic carboxylic acids is 1. The number of likely N-dealkylation sites (tertiary alicyclic amines) is 1. The molecule has 1 saturated heterocycles. The quantitative estimate of drug-likeness (QED) is 0.416. The lowest BCUT2D eigenvalue weighted by Gasteiger charge is -2.27. The Labute approximate surface area is 233 Å². The average Bonchev–Trinajstić information content (AvgIpc) is 3.70. The molecular formula is C32H34N2O6. The molecule has 3 atom stereocenters. The van der Waals surface area contributed by atoms with Crippen LogP contribution in [0.15, 0.2) is 54.6 Å². The van der Waals surface area contributed by atoms with Crippen LogP contribution in [0.25, 0.3) is 0 Å². The molecule has 208 valence electrons. The number of amides is 1. The number of benzene rings is 3. The number of fused-ring (bicyclic) bond motifs is 2. The zero-order chi connectivity index (χ0) is 27.8. The molecular weight excluding hydrogens is 508 g/mol. The van der Waals surface area contributed by atoms with Gasteiger partial charge < -0.3 is 24.6 Å². The molecule has 3 aliphatic rings. The van der Waals surface area contributed by atoms with Gasteiger partial charge in [0.2, 0.25) is 12.7 Å². The van der Waals surface area contributed by atoms with Crippen molar-refractivity contribution in [2.75, 3.05) is 31.8 Å². The van der Waals surface area contributed by atoms with Crippen molar-refractivity contribution in [3.05, 3.63) is 82.4 Å². The Hall–Kier alpha value is -4.04. The lowest BCUT2D eigenvalue weighted by atomic mass is 9.82. The number of carboxylic acids is 1. The van der Waals surface area contributed by atoms with E-state index >= 15 is 0 Å². The van der Waals surface area contributed by atoms with E-state index in [4.69, 9.17) is 14.2 Å². The lowest BCUT2D eigenvalue weighted by Crippen LogP contribution is -2.35. The topological polar surface area (TPSA) is 97.3 Å². The van der Waals surface area contributed by atoms with Crippen LogP contribution >= 0.6 is 0 Å². The van der Waals surface area contributed by atoms with Gasteiger partial charge in [0.05, 0.1) is 19.1 Å². The fraction of sp³-hybridized carbons (Fsp3) is 0.375. The van der Waals surface area contributed by atoms with Crippen molar-refractivity contribution >= 4 is 17.6 Å². The highest BCUT2D eigenvalue weighted by Crippen LogP contribution is 2.48. The molecule has 1 fully saturated rings. The summed E-state index contributed by atoms with van der Waals surface area (Å²) in [5.74, 6) is -0.0363. The van der Waals surface area contributed by atoms with E-state index in [2.05, 4.69) is 25.2 Å². The molecule has 0 spiro atoms. The minimum absolute atomic E-state index is 0.0737. The molecule has 40 heavy (non-hydrogen) atoms. The Balaban J connectivity index is 1.35. The number of ether oxygens (including phenoxy) is 3. The third kappa shape index (κ3) is 4.77. The number of hydrogen-bond acceptors (Lipinski definition) is 6. The van der Waals surface area contributed by atoms with E-state index in [0.717, 1.165) is 58.5 Å². The molecule has 3 aromatic carbocycles. The Bertz CT molecular complexity index is 1430. The number of carboxylic acid groups (broad SMARTS) is 1. The minimum atomic E-state index is -0.892. The molecule has 2 N–H and O–H groups in total. The second-order valence-corrected chi connectivity index (χ2v) is 10.6. The summed E-state index contributed by atoms with van der Waals surface area (Å²) in [5.41, 5.74) is 5.86. The fourth-order valence-electron chi connectivity index (χ4n) is 6.43. The minimum Gasteiger partial charge on any atom is -0.493 e. The third-order valence-corrected chi connectivity index (χ3v) is 8.37. The Morgan fingerprint density at radius 3 is 2.40 bits per heavy atom. The number of aryl methyl sites for hydroxylation is 2. The first-order valence-electron chi connectivity index (χ1n) is 14.0. The smallest absolute Gasteiger partial charge is 0.309 e. The van der Waals surface area contributed by atoms with E-state index in [1.165, 1.54) is 0 Å². The molecule has 1 unspecified atom stereocenters. The molecule has 6 rings (SSSR count). The van der Waals surface area contributed by atoms with Gasteiger partial charge in [-0.1, -0.05) is 50.2 Å². The summed E-state index contributed by atoms with van der Waals surface area (Å²) >= 11 is 0. The second-order valence-electron chi connectivity index (χ2n) is 10.6. The van der Waals surface area contributed by atoms with Crippen LogP contribution in [-0.2, 0) is 28.9 Å². The van der Waals surface area contributed by atoms with E-state index in [-0.39, 0.29) is 25.2 Å². The summed E-state index contributed by atoms with van der Waals surface area (Å²) in [7, 11) is 0. The number of nitrogens with one attached hydrogen (secondary N) is 1. The monoisotopic (exact) mass is 542 g/mol. The standard InChI is InChI=1S/C32H34N2O6/c1-3-19-6-5-7-20(4-2)30(19)33-28(35)17-34-16-24(21-8-11-26-27(15-21)40-18-39-26)29(32(36)37)31(34)23-9-10-25-22(14-23)12-13-38-25/h5-11,14-15,24,29,31H,3-4,12-13,16-18H2,1-2H3,(H,33,35)(H,36,37)/t24-,29?,31+/m1/s1. The van der Waals surface area contributed by atoms with Crippen molar-refractivity contribution in [2.24, 2.45) is 5.92 Å². The third-order valence-electron chi connectivity index (χ3n) is 8.37. The van der Waals surface area contributed by atoms with Crippen LogP contribution in [0, 0.1) is 5.92 Å². The zero-order valence-electron chi connectivity index (χ0n) is 22.8. The van der Waals surface area contributed by atoms with Crippen LogP contribution in [0.5, 0.6) is 17.2 Å². The number of nitrogens with zero attached hydrogens (tertiary/aromatic N) is 1. The van der Waals surface area contributed by atoms with Crippen LogP contribution in [0.2, 0.25) is 0 Å². The van der Waals surface area contributed by atoms with Crippen molar-refractivity contribution in [1.82, 2.24) is 4.90 Å². The first kappa shape index (κ1) is 26.2. The molecule has 8 nitrogen and oxygen atoms in total. The highest BCUT2D eigenvalue weighted by molar-refractivity contribution is 5.94. The van der Waals surface area contributed by atoms with Gasteiger partial charge in [0.1, 0.15) is 5.75 Å². The molecule has 3 heterocycles. The fourth-order valence-corrected chi connectivity index (χ4v) is 6.43. The normalized spacial score (nSPS) is 21.2. The van der Waals surface area contributed by atoms with E-state index < -0.39 is 17.9 Å². The van der Waals surface area contributed by atoms with E-state index in [9.17, 15) is 14.7 Å². The van der Waals surface area contributed by atoms with Gasteiger partial charge in [0.25, 0.3) is 0 Å². The maximum atomic E-state index is 13.6. The molecule has 0 radical (unpaired) electrons. The van der Waals surface area contributed by atoms with Crippen LogP contribution < -0.4 is 19.5 Å². The Morgan fingerprint density at radius 2 is 1.65 bits per heavy atom. The highest BCUT2D eigenvalue weighted by atomic mass is 16.7. The van der Waals surface area contributed by atoms with Gasteiger partial charge in [-0.25, -0.2) is 0 Å². The first-order chi connectivity index (χ1) is 19.5. The number of hydrogen-bond donors (Lipinski definition) is 2. The van der Waals surface area contributed by atoms with E-state index in [1.54, 1.807) is 0 Å². The number of carbonyl (C=O) groups excluding carboxylic acids is 1. The van der Waals surface area contributed by atoms with Crippen LogP contribution in [0.4, 0.5) is 5.69 Å². The van der Waals surface area contributed by atoms with Gasteiger partial charge in [-0.15, -0.1) is 0 Å². The number of anilines is 1. The largest absolute Gasteiger partial charge is 0.493 e. The molecule has 8 heteroatoms. The van der Waals surface area contributed by atoms with Crippen LogP contribution in [0.3, 0.4) is 0 Å². The van der Waals surface area contributed by atoms with Crippen molar-refractivity contribution < 1.29 is 28.9 Å². The van der Waals surface area contributed by atoms with Gasteiger partial charge in [0.15, 0.2) is 11.5 Å². The second kappa shape index (κ2) is 10.8. The predicted octanol–water partition coefficient (Wildman–Crippen LogP) is 4.96. The number of rotatable bonds is 8. The Kier molecular flexibility index (Phi) is 7.11. The summed E-state index contributed by atoms with van der Waals surface area (Å²) in [6.07, 6.45) is 2.40. The lowest BCUT2D eigenvalue weighted by molar-refractivity contribution is -0.143. The SMILES string of the molecule is CCc1cccc(CC)c1NC(=O)CN1C[C@H](c2ccc3c(c2)OCO3)C(C(=O)O)[C@@H]1c1ccc2c(c1)CCO2. The van der Waals surface area contributed by atoms with Gasteiger partial charge >= 0.3 is 5.97 Å². The maximum absolute atomic E-state index is 13.6. The molecule has 0 aliphatic carbocycles. The summed E-state index contributed by atoms with van der Waals surface area (Å²) < 4.78 is 16.8. The molecule has 3 aliphatic heterocycles. The van der Waals surface area contributed by atoms with Crippen LogP contribution in [0.1, 0.15) is 53.6 Å². The predicted molar refractivity (Wildman–Crippen MR) is 150 cm³/mol. The van der Waals surface area contributed by atoms with Gasteiger partial charge in [-0.2, -0.15) is 0 Å². The number of carbonyl (C=O) groups is 2. The molecule has 3 aromatic rings. The van der Waals surface area contributed by atoms with E-state index in [1.807, 2.05) is 53.4 Å². The van der Waals surface area contributed by atoms with Gasteiger partial charge in [-0.3, -0.25) is 14.5 Å². The van der Waals surface area contributed by atoms with Gasteiger partial charge in [-0.05, 0) is 58.9 Å². The van der Waals surface area contributed by atoms with E-state index in [0.29, 0.717) is 24.7 Å². The summed E-state index contributed by atoms with van der Waals surface area (Å²) in [5, 5.41) is 13.7. The summed E-state index contributed by atoms with van der Waals surface area (Å²) in [6, 6.07) is 17.2. The Morgan fingerprint density at radius 1 is 0.925 bits per heavy atom. The molecule has 0 bridgehead atoms. The van der Waals surface area contributed by atoms with Crippen molar-refractivity contribution in [2.45, 2.75) is 45.1 Å². The van der Waals surface area contributed by atoms with Crippen molar-refractivity contribution in [1.29, 1.82) is 0 Å². The zero-order valence-corrected chi connectivity index (χ0v) is 22.8. The van der Waals surface area contributed by atoms with Crippen LogP contribution in [-0.4, -0.2) is 48.4 Å². The number of para-hydroxylation sites is 1. The van der Waals surface area contributed by atoms with Crippen molar-refractivity contribution in [3.63, 3.8) is 0 Å². The first-order valence-corrected chi connectivity index (χ1v) is 14.0. The molecule has 0 aromatic heterocycles.